The molecule has 1 atom stereocenters. The molecule has 7 heteroatoms. The zero-order chi connectivity index (χ0) is 14.1. The Morgan fingerprint density at radius 3 is 2.75 bits per heavy atom. The van der Waals surface area contributed by atoms with Gasteiger partial charge in [-0.25, -0.2) is 4.68 Å². The Morgan fingerprint density at radius 2 is 2.10 bits per heavy atom. The van der Waals surface area contributed by atoms with Crippen LogP contribution >= 0.6 is 15.9 Å². The molecule has 2 saturated heterocycles. The van der Waals surface area contributed by atoms with Gasteiger partial charge in [-0.05, 0) is 61.2 Å². The summed E-state index contributed by atoms with van der Waals surface area (Å²) < 4.78 is 2.13. The fourth-order valence-electron chi connectivity index (χ4n) is 3.40. The number of ketones is 1. The zero-order valence-electron chi connectivity index (χ0n) is 11.7. The molecule has 0 radical (unpaired) electrons. The van der Waals surface area contributed by atoms with Crippen LogP contribution < -0.4 is 5.32 Å². The van der Waals surface area contributed by atoms with Gasteiger partial charge in [-0.3, -0.25) is 9.69 Å². The number of aryl methyl sites for hydroxylation is 1. The van der Waals surface area contributed by atoms with Gasteiger partial charge in [-0.1, -0.05) is 5.21 Å². The standard InChI is InChI=1S/C13H20BrN5O/c1-18-11(13(14)16-17-18)12(20)10-3-2-8-19(10)9-4-6-15-7-5-9/h9-10,15H,2-8H2,1H3. The van der Waals surface area contributed by atoms with Gasteiger partial charge in [-0.15, -0.1) is 5.10 Å². The van der Waals surface area contributed by atoms with Crippen molar-refractivity contribution in [3.63, 3.8) is 0 Å². The van der Waals surface area contributed by atoms with Gasteiger partial charge in [0.1, 0.15) is 5.69 Å². The molecule has 0 amide bonds. The second kappa shape index (κ2) is 5.91. The van der Waals surface area contributed by atoms with E-state index < -0.39 is 0 Å². The highest BCUT2D eigenvalue weighted by Crippen LogP contribution is 2.28. The summed E-state index contributed by atoms with van der Waals surface area (Å²) in [6.07, 6.45) is 4.31. The lowest BCUT2D eigenvalue weighted by molar-refractivity contribution is 0.0773. The number of carbonyl (C=O) groups is 1. The van der Waals surface area contributed by atoms with Crippen LogP contribution in [0, 0.1) is 0 Å². The van der Waals surface area contributed by atoms with Gasteiger partial charge in [-0.2, -0.15) is 0 Å². The molecule has 0 aromatic carbocycles. The van der Waals surface area contributed by atoms with Gasteiger partial charge in [0.2, 0.25) is 5.78 Å². The molecule has 1 aromatic rings. The third-order valence-electron chi connectivity index (χ3n) is 4.39. The summed E-state index contributed by atoms with van der Waals surface area (Å²) in [5.74, 6) is 0.153. The Hall–Kier alpha value is -0.790. The molecule has 6 nitrogen and oxygen atoms in total. The van der Waals surface area contributed by atoms with Crippen LogP contribution in [0.5, 0.6) is 0 Å². The van der Waals surface area contributed by atoms with Crippen molar-refractivity contribution in [3.05, 3.63) is 10.3 Å². The van der Waals surface area contributed by atoms with Crippen molar-refractivity contribution < 1.29 is 4.79 Å². The molecule has 0 bridgehead atoms. The quantitative estimate of drug-likeness (QED) is 0.830. The van der Waals surface area contributed by atoms with E-state index in [1.165, 1.54) is 0 Å². The van der Waals surface area contributed by atoms with Crippen molar-refractivity contribution in [2.24, 2.45) is 7.05 Å². The van der Waals surface area contributed by atoms with Crippen molar-refractivity contribution in [1.82, 2.24) is 25.2 Å². The summed E-state index contributed by atoms with van der Waals surface area (Å²) in [6.45, 7) is 3.14. The fraction of sp³-hybridized carbons (Fsp3) is 0.769. The third-order valence-corrected chi connectivity index (χ3v) is 4.93. The molecule has 1 N–H and O–H groups in total. The number of likely N-dealkylation sites (tertiary alicyclic amines) is 1. The second-order valence-corrected chi connectivity index (χ2v) is 6.34. The molecule has 20 heavy (non-hydrogen) atoms. The maximum atomic E-state index is 12.8. The predicted octanol–water partition coefficient (Wildman–Crippen LogP) is 0.977. The SMILES string of the molecule is Cn1nnc(Br)c1C(=O)C1CCCN1C1CCNCC1. The molecule has 110 valence electrons. The van der Waals surface area contributed by atoms with E-state index in [1.54, 1.807) is 11.7 Å². The summed E-state index contributed by atoms with van der Waals surface area (Å²) in [5, 5.41) is 11.2. The smallest absolute Gasteiger partial charge is 0.200 e. The van der Waals surface area contributed by atoms with Crippen LogP contribution in [0.15, 0.2) is 4.60 Å². The highest BCUT2D eigenvalue weighted by Gasteiger charge is 2.38. The molecule has 0 aliphatic carbocycles. The lowest BCUT2D eigenvalue weighted by Crippen LogP contribution is -2.48. The van der Waals surface area contributed by atoms with E-state index >= 15 is 0 Å². The summed E-state index contributed by atoms with van der Waals surface area (Å²) in [5.41, 5.74) is 0.593. The van der Waals surface area contributed by atoms with Gasteiger partial charge in [0.25, 0.3) is 0 Å². The molecule has 3 heterocycles. The lowest BCUT2D eigenvalue weighted by atomic mass is 10.0. The number of piperidine rings is 1. The van der Waals surface area contributed by atoms with Gasteiger partial charge >= 0.3 is 0 Å². The molecule has 2 aliphatic heterocycles. The third kappa shape index (κ3) is 2.54. The van der Waals surface area contributed by atoms with E-state index in [-0.39, 0.29) is 11.8 Å². The number of Topliss-reactive ketones (excluding diaryl/α,β-unsaturated/α-hetero) is 1. The summed E-state index contributed by atoms with van der Waals surface area (Å²) in [6, 6.07) is 0.527. The normalized spacial score (nSPS) is 25.2. The zero-order valence-corrected chi connectivity index (χ0v) is 13.3. The first-order valence-electron chi connectivity index (χ1n) is 7.24. The van der Waals surface area contributed by atoms with Gasteiger partial charge in [0.05, 0.1) is 6.04 Å². The number of aromatic nitrogens is 3. The van der Waals surface area contributed by atoms with Gasteiger partial charge in [0.15, 0.2) is 4.60 Å². The fourth-order valence-corrected chi connectivity index (χ4v) is 3.92. The Balaban J connectivity index is 1.79. The minimum atomic E-state index is -0.00778. The van der Waals surface area contributed by atoms with E-state index in [1.807, 2.05) is 0 Å². The number of nitrogens with one attached hydrogen (secondary N) is 1. The highest BCUT2D eigenvalue weighted by molar-refractivity contribution is 9.10. The van der Waals surface area contributed by atoms with Crippen molar-refractivity contribution >= 4 is 21.7 Å². The molecular formula is C13H20BrN5O. The maximum Gasteiger partial charge on any atom is 0.200 e. The topological polar surface area (TPSA) is 63.1 Å². The van der Waals surface area contributed by atoms with E-state index in [2.05, 4.69) is 36.5 Å². The van der Waals surface area contributed by atoms with Gasteiger partial charge < -0.3 is 5.32 Å². The first kappa shape index (κ1) is 14.2. The Bertz CT molecular complexity index is 477. The molecule has 1 unspecified atom stereocenters. The van der Waals surface area contributed by atoms with Gasteiger partial charge in [0, 0.05) is 13.1 Å². The summed E-state index contributed by atoms with van der Waals surface area (Å²) in [4.78, 5) is 15.2. The van der Waals surface area contributed by atoms with Crippen molar-refractivity contribution in [2.45, 2.75) is 37.8 Å². The first-order valence-corrected chi connectivity index (χ1v) is 8.03. The Labute approximate surface area is 127 Å². The average Bonchev–Trinajstić information content (AvgIpc) is 3.07. The largest absolute Gasteiger partial charge is 0.317 e. The molecular weight excluding hydrogens is 322 g/mol. The van der Waals surface area contributed by atoms with Crippen LogP contribution in [0.4, 0.5) is 0 Å². The molecule has 0 spiro atoms. The van der Waals surface area contributed by atoms with Crippen molar-refractivity contribution in [3.8, 4) is 0 Å². The number of halogens is 1. The second-order valence-electron chi connectivity index (χ2n) is 5.59. The van der Waals surface area contributed by atoms with Crippen LogP contribution in [-0.4, -0.2) is 57.4 Å². The Morgan fingerprint density at radius 1 is 1.35 bits per heavy atom. The van der Waals surface area contributed by atoms with Crippen LogP contribution in [-0.2, 0) is 7.05 Å². The Kier molecular flexibility index (Phi) is 4.18. The summed E-state index contributed by atoms with van der Waals surface area (Å²) in [7, 11) is 1.77. The number of hydrogen-bond donors (Lipinski definition) is 1. The van der Waals surface area contributed by atoms with Crippen LogP contribution in [0.1, 0.15) is 36.2 Å². The number of nitrogens with zero attached hydrogens (tertiary/aromatic N) is 4. The molecule has 0 saturated carbocycles. The van der Waals surface area contributed by atoms with E-state index in [0.717, 1.165) is 45.3 Å². The lowest BCUT2D eigenvalue weighted by Gasteiger charge is -2.35. The molecule has 3 rings (SSSR count). The molecule has 2 aliphatic rings. The average molecular weight is 342 g/mol. The van der Waals surface area contributed by atoms with E-state index in [4.69, 9.17) is 0 Å². The van der Waals surface area contributed by atoms with Crippen molar-refractivity contribution in [2.75, 3.05) is 19.6 Å². The predicted molar refractivity (Wildman–Crippen MR) is 78.7 cm³/mol. The monoisotopic (exact) mass is 341 g/mol. The van der Waals surface area contributed by atoms with E-state index in [9.17, 15) is 4.79 Å². The summed E-state index contributed by atoms with van der Waals surface area (Å²) >= 11 is 3.34. The van der Waals surface area contributed by atoms with Crippen LogP contribution in [0.3, 0.4) is 0 Å². The number of hydrogen-bond acceptors (Lipinski definition) is 5. The molecule has 2 fully saturated rings. The number of rotatable bonds is 3. The van der Waals surface area contributed by atoms with Crippen LogP contribution in [0.25, 0.3) is 0 Å². The van der Waals surface area contributed by atoms with E-state index in [0.29, 0.717) is 16.3 Å². The van der Waals surface area contributed by atoms with Crippen molar-refractivity contribution in [1.29, 1.82) is 0 Å². The number of carbonyl (C=O) groups excluding carboxylic acids is 1. The highest BCUT2D eigenvalue weighted by atomic mass is 79.9. The molecule has 1 aromatic heterocycles. The minimum Gasteiger partial charge on any atom is -0.317 e. The first-order chi connectivity index (χ1) is 9.68. The maximum absolute atomic E-state index is 12.8. The minimum absolute atomic E-state index is 0.00778. The van der Waals surface area contributed by atoms with Crippen LogP contribution in [0.2, 0.25) is 0 Å².